The van der Waals surface area contributed by atoms with Gasteiger partial charge in [-0.2, -0.15) is 5.10 Å². The van der Waals surface area contributed by atoms with Crippen LogP contribution in [0.4, 0.5) is 0 Å². The molecule has 16 heavy (non-hydrogen) atoms. The van der Waals surface area contributed by atoms with E-state index >= 15 is 0 Å². The van der Waals surface area contributed by atoms with Gasteiger partial charge >= 0.3 is 0 Å². The van der Waals surface area contributed by atoms with Crippen molar-refractivity contribution in [2.75, 3.05) is 0 Å². The molecule has 0 aromatic carbocycles. The molecule has 1 atom stereocenters. The number of rotatable bonds is 5. The molecule has 1 aromatic heterocycles. The molecular formula is C12H20BrN3. The molecule has 1 heterocycles. The van der Waals surface area contributed by atoms with Crippen molar-refractivity contribution in [3.05, 3.63) is 15.9 Å². The smallest absolute Gasteiger partial charge is 0.0767 e. The van der Waals surface area contributed by atoms with E-state index in [0.717, 1.165) is 24.6 Å². The van der Waals surface area contributed by atoms with Crippen molar-refractivity contribution >= 4 is 15.9 Å². The maximum Gasteiger partial charge on any atom is 0.0767 e. The first-order valence-corrected chi connectivity index (χ1v) is 6.86. The van der Waals surface area contributed by atoms with Crippen molar-refractivity contribution in [1.82, 2.24) is 15.1 Å². The Hall–Kier alpha value is -0.350. The number of aromatic nitrogens is 2. The topological polar surface area (TPSA) is 29.9 Å². The molecule has 0 radical (unpaired) electrons. The van der Waals surface area contributed by atoms with Gasteiger partial charge in [-0.15, -0.1) is 0 Å². The van der Waals surface area contributed by atoms with Crippen molar-refractivity contribution < 1.29 is 0 Å². The summed E-state index contributed by atoms with van der Waals surface area (Å²) in [5.41, 5.74) is 2.41. The predicted octanol–water partition coefficient (Wildman–Crippen LogP) is 2.63. The quantitative estimate of drug-likeness (QED) is 0.901. The molecule has 1 aliphatic carbocycles. The molecule has 0 aliphatic heterocycles. The largest absolute Gasteiger partial charge is 0.308 e. The highest BCUT2D eigenvalue weighted by Crippen LogP contribution is 2.32. The first kappa shape index (κ1) is 12.1. The van der Waals surface area contributed by atoms with Gasteiger partial charge in [0.15, 0.2) is 0 Å². The molecule has 1 aromatic rings. The van der Waals surface area contributed by atoms with Gasteiger partial charge in [0, 0.05) is 19.6 Å². The van der Waals surface area contributed by atoms with Crippen LogP contribution >= 0.6 is 15.9 Å². The molecule has 1 saturated carbocycles. The van der Waals surface area contributed by atoms with Gasteiger partial charge in [0.1, 0.15) is 0 Å². The average molecular weight is 286 g/mol. The Morgan fingerprint density at radius 3 is 2.75 bits per heavy atom. The lowest BCUT2D eigenvalue weighted by molar-refractivity contribution is 0.482. The highest BCUT2D eigenvalue weighted by atomic mass is 79.9. The fraction of sp³-hybridized carbons (Fsp3) is 0.750. The van der Waals surface area contributed by atoms with Gasteiger partial charge in [0.2, 0.25) is 0 Å². The minimum Gasteiger partial charge on any atom is -0.308 e. The van der Waals surface area contributed by atoms with E-state index < -0.39 is 0 Å². The Morgan fingerprint density at radius 1 is 1.56 bits per heavy atom. The Labute approximate surface area is 106 Å². The third-order valence-electron chi connectivity index (χ3n) is 3.42. The number of nitrogens with one attached hydrogen (secondary N) is 1. The van der Waals surface area contributed by atoms with E-state index in [-0.39, 0.29) is 0 Å². The summed E-state index contributed by atoms with van der Waals surface area (Å²) in [6.07, 6.45) is 3.76. The van der Waals surface area contributed by atoms with Gasteiger partial charge in [-0.3, -0.25) is 4.68 Å². The standard InChI is InChI=1S/C12H20BrN3/c1-4-10-12(13)11(16(3)15-10)7-14-8(2)9-5-6-9/h8-9,14H,4-7H2,1-3H3. The van der Waals surface area contributed by atoms with E-state index in [4.69, 9.17) is 0 Å². The number of hydrogen-bond acceptors (Lipinski definition) is 2. The summed E-state index contributed by atoms with van der Waals surface area (Å²) in [5, 5.41) is 8.09. The summed E-state index contributed by atoms with van der Waals surface area (Å²) in [6.45, 7) is 5.32. The van der Waals surface area contributed by atoms with Gasteiger partial charge in [-0.25, -0.2) is 0 Å². The molecule has 90 valence electrons. The van der Waals surface area contributed by atoms with Crippen LogP contribution in [-0.2, 0) is 20.0 Å². The van der Waals surface area contributed by atoms with E-state index in [1.165, 1.54) is 23.0 Å². The van der Waals surface area contributed by atoms with E-state index in [1.807, 2.05) is 11.7 Å². The van der Waals surface area contributed by atoms with Crippen LogP contribution in [0.3, 0.4) is 0 Å². The maximum atomic E-state index is 4.50. The fourth-order valence-electron chi connectivity index (χ4n) is 2.03. The van der Waals surface area contributed by atoms with Crippen LogP contribution in [0.1, 0.15) is 38.1 Å². The van der Waals surface area contributed by atoms with Crippen LogP contribution in [0.2, 0.25) is 0 Å². The number of hydrogen-bond donors (Lipinski definition) is 1. The average Bonchev–Trinajstić information content (AvgIpc) is 3.05. The zero-order valence-corrected chi connectivity index (χ0v) is 11.8. The molecule has 1 N–H and O–H groups in total. The van der Waals surface area contributed by atoms with Crippen LogP contribution < -0.4 is 5.32 Å². The first-order valence-electron chi connectivity index (χ1n) is 6.07. The van der Waals surface area contributed by atoms with Crippen molar-refractivity contribution in [2.45, 2.75) is 45.7 Å². The van der Waals surface area contributed by atoms with Crippen molar-refractivity contribution in [2.24, 2.45) is 13.0 Å². The summed E-state index contributed by atoms with van der Waals surface area (Å²) in [4.78, 5) is 0. The van der Waals surface area contributed by atoms with E-state index in [2.05, 4.69) is 40.2 Å². The molecule has 0 saturated heterocycles. The van der Waals surface area contributed by atoms with Crippen LogP contribution in [0.15, 0.2) is 4.47 Å². The molecular weight excluding hydrogens is 266 g/mol. The second-order valence-electron chi connectivity index (χ2n) is 4.69. The fourth-order valence-corrected chi connectivity index (χ4v) is 2.79. The molecule has 3 nitrogen and oxygen atoms in total. The van der Waals surface area contributed by atoms with Gasteiger partial charge < -0.3 is 5.32 Å². The van der Waals surface area contributed by atoms with Crippen LogP contribution in [0.5, 0.6) is 0 Å². The monoisotopic (exact) mass is 285 g/mol. The van der Waals surface area contributed by atoms with Gasteiger partial charge in [-0.1, -0.05) is 6.92 Å². The second-order valence-corrected chi connectivity index (χ2v) is 5.48. The molecule has 0 bridgehead atoms. The highest BCUT2D eigenvalue weighted by molar-refractivity contribution is 9.10. The van der Waals surface area contributed by atoms with E-state index in [0.29, 0.717) is 6.04 Å². The predicted molar refractivity (Wildman–Crippen MR) is 69.3 cm³/mol. The zero-order valence-electron chi connectivity index (χ0n) is 10.3. The summed E-state index contributed by atoms with van der Waals surface area (Å²) >= 11 is 3.64. The van der Waals surface area contributed by atoms with Crippen LogP contribution in [0, 0.1) is 5.92 Å². The maximum absolute atomic E-state index is 4.50. The summed E-state index contributed by atoms with van der Waals surface area (Å²) in [5.74, 6) is 0.901. The number of nitrogens with zero attached hydrogens (tertiary/aromatic N) is 2. The molecule has 2 rings (SSSR count). The van der Waals surface area contributed by atoms with Gasteiger partial charge in [0.05, 0.1) is 15.9 Å². The van der Waals surface area contributed by atoms with Gasteiger partial charge in [0.25, 0.3) is 0 Å². The summed E-state index contributed by atoms with van der Waals surface area (Å²) < 4.78 is 3.16. The molecule has 1 unspecified atom stereocenters. The Balaban J connectivity index is 1.99. The van der Waals surface area contributed by atoms with Crippen LogP contribution in [-0.4, -0.2) is 15.8 Å². The first-order chi connectivity index (χ1) is 7.63. The van der Waals surface area contributed by atoms with Crippen molar-refractivity contribution in [1.29, 1.82) is 0 Å². The Morgan fingerprint density at radius 2 is 2.25 bits per heavy atom. The Kier molecular flexibility index (Phi) is 3.70. The molecule has 4 heteroatoms. The molecule has 1 aliphatic rings. The lowest BCUT2D eigenvalue weighted by Crippen LogP contribution is -2.28. The summed E-state index contributed by atoms with van der Waals surface area (Å²) in [6, 6.07) is 0.631. The van der Waals surface area contributed by atoms with Crippen molar-refractivity contribution in [3.63, 3.8) is 0 Å². The van der Waals surface area contributed by atoms with Crippen LogP contribution in [0.25, 0.3) is 0 Å². The van der Waals surface area contributed by atoms with E-state index in [1.54, 1.807) is 0 Å². The number of halogens is 1. The number of aryl methyl sites for hydroxylation is 2. The highest BCUT2D eigenvalue weighted by Gasteiger charge is 2.27. The summed E-state index contributed by atoms with van der Waals surface area (Å²) in [7, 11) is 2.02. The lowest BCUT2D eigenvalue weighted by Gasteiger charge is -2.12. The lowest BCUT2D eigenvalue weighted by atomic mass is 10.2. The zero-order chi connectivity index (χ0) is 11.7. The molecule has 0 amide bonds. The minimum atomic E-state index is 0.631. The second kappa shape index (κ2) is 4.88. The third kappa shape index (κ3) is 2.48. The Bertz CT molecular complexity index is 369. The van der Waals surface area contributed by atoms with Gasteiger partial charge in [-0.05, 0) is 48.0 Å². The minimum absolute atomic E-state index is 0.631. The van der Waals surface area contributed by atoms with E-state index in [9.17, 15) is 0 Å². The normalized spacial score (nSPS) is 17.8. The third-order valence-corrected chi connectivity index (χ3v) is 4.34. The molecule has 1 fully saturated rings. The van der Waals surface area contributed by atoms with Crippen molar-refractivity contribution in [3.8, 4) is 0 Å². The SMILES string of the molecule is CCc1nn(C)c(CNC(C)C2CC2)c1Br. The molecule has 0 spiro atoms.